The highest BCUT2D eigenvalue weighted by atomic mass is 32.3. The minimum absolute atomic E-state index is 0.135. The Hall–Kier alpha value is -2.74. The molecule has 0 saturated carbocycles. The van der Waals surface area contributed by atoms with Crippen LogP contribution in [0.15, 0.2) is 94.7 Å². The molecule has 0 aliphatic heterocycles. The van der Waals surface area contributed by atoms with E-state index in [4.69, 9.17) is 0 Å². The van der Waals surface area contributed by atoms with Gasteiger partial charge in [0.05, 0.1) is 9.79 Å². The topological polar surface area (TPSA) is 82.4 Å². The molecule has 7 heteroatoms. The van der Waals surface area contributed by atoms with E-state index in [1.54, 1.807) is 72.8 Å². The van der Waals surface area contributed by atoms with E-state index in [1.165, 1.54) is 12.1 Å². The third-order valence-corrected chi connectivity index (χ3v) is 7.64. The van der Waals surface area contributed by atoms with Crippen molar-refractivity contribution in [1.29, 1.82) is 0 Å². The van der Waals surface area contributed by atoms with Gasteiger partial charge in [0.25, 0.3) is 20.0 Å². The van der Waals surface area contributed by atoms with E-state index in [1.807, 2.05) is 0 Å². The standard InChI is InChI=1S/C20H14NO4S2/c22-26(23,19-13-5-9-15-7-1-3-11-17(15)19)21-27(24,25)20-14-6-10-16-8-2-4-12-18(16)20/h1-14H. The van der Waals surface area contributed by atoms with Crippen LogP contribution in [0.3, 0.4) is 0 Å². The van der Waals surface area contributed by atoms with Crippen molar-refractivity contribution in [2.24, 2.45) is 0 Å². The summed E-state index contributed by atoms with van der Waals surface area (Å²) in [4.78, 5) is -0.270. The molecule has 0 aromatic heterocycles. The molecule has 1 radical (unpaired) electrons. The largest absolute Gasteiger partial charge is 0.272 e. The van der Waals surface area contributed by atoms with Crippen LogP contribution in [0.1, 0.15) is 0 Å². The molecular weight excluding hydrogens is 382 g/mol. The first kappa shape index (κ1) is 17.7. The molecule has 5 nitrogen and oxygen atoms in total. The minimum Gasteiger partial charge on any atom is -0.204 e. The average Bonchev–Trinajstić information content (AvgIpc) is 2.66. The molecule has 4 aromatic carbocycles. The second-order valence-corrected chi connectivity index (χ2v) is 9.36. The van der Waals surface area contributed by atoms with Crippen molar-refractivity contribution in [2.45, 2.75) is 9.79 Å². The normalized spacial score (nSPS) is 12.4. The highest BCUT2D eigenvalue weighted by molar-refractivity contribution is 8.04. The van der Waals surface area contributed by atoms with Crippen molar-refractivity contribution in [3.8, 4) is 0 Å². The van der Waals surface area contributed by atoms with Crippen molar-refractivity contribution in [3.05, 3.63) is 84.9 Å². The molecule has 4 rings (SSSR count). The van der Waals surface area contributed by atoms with Gasteiger partial charge < -0.3 is 0 Å². The summed E-state index contributed by atoms with van der Waals surface area (Å²) in [5.41, 5.74) is 0. The number of nitrogens with zero attached hydrogens (tertiary/aromatic N) is 1. The van der Waals surface area contributed by atoms with Crippen LogP contribution in [0, 0.1) is 0 Å². The molecule has 0 aliphatic carbocycles. The van der Waals surface area contributed by atoms with Crippen LogP contribution in [0.5, 0.6) is 0 Å². The second-order valence-electron chi connectivity index (χ2n) is 5.98. The first-order valence-corrected chi connectivity index (χ1v) is 11.0. The zero-order chi connectivity index (χ0) is 19.1. The highest BCUT2D eigenvalue weighted by Crippen LogP contribution is 2.27. The summed E-state index contributed by atoms with van der Waals surface area (Å²) in [5.74, 6) is 0. The molecule has 0 amide bonds. The molecule has 0 heterocycles. The van der Waals surface area contributed by atoms with Gasteiger partial charge in [-0.2, -0.15) is 0 Å². The van der Waals surface area contributed by atoms with Gasteiger partial charge in [-0.15, -0.1) is 0 Å². The Bertz CT molecular complexity index is 1260. The summed E-state index contributed by atoms with van der Waals surface area (Å²) < 4.78 is 54.6. The number of rotatable bonds is 4. The van der Waals surface area contributed by atoms with E-state index in [9.17, 15) is 16.8 Å². The number of benzene rings is 4. The smallest absolute Gasteiger partial charge is 0.204 e. The highest BCUT2D eigenvalue weighted by Gasteiger charge is 2.29. The lowest BCUT2D eigenvalue weighted by Crippen LogP contribution is -2.24. The monoisotopic (exact) mass is 396 g/mol. The Morgan fingerprint density at radius 3 is 1.30 bits per heavy atom. The van der Waals surface area contributed by atoms with Gasteiger partial charge in [0.2, 0.25) is 0 Å². The molecule has 27 heavy (non-hydrogen) atoms. The zero-order valence-electron chi connectivity index (χ0n) is 14.0. The van der Waals surface area contributed by atoms with Gasteiger partial charge in [0.1, 0.15) is 0 Å². The van der Waals surface area contributed by atoms with Crippen LogP contribution < -0.4 is 4.13 Å². The average molecular weight is 396 g/mol. The van der Waals surface area contributed by atoms with Gasteiger partial charge in [-0.25, -0.2) is 16.8 Å². The summed E-state index contributed by atoms with van der Waals surface area (Å²) in [5, 5.41) is 2.24. The fourth-order valence-electron chi connectivity index (χ4n) is 3.05. The van der Waals surface area contributed by atoms with E-state index in [0.29, 0.717) is 21.5 Å². The van der Waals surface area contributed by atoms with Crippen molar-refractivity contribution < 1.29 is 16.8 Å². The molecule has 0 fully saturated rings. The van der Waals surface area contributed by atoms with Crippen LogP contribution in [0.4, 0.5) is 0 Å². The molecule has 0 unspecified atom stereocenters. The van der Waals surface area contributed by atoms with Gasteiger partial charge in [-0.1, -0.05) is 72.8 Å². The van der Waals surface area contributed by atoms with E-state index < -0.39 is 20.0 Å². The molecule has 135 valence electrons. The van der Waals surface area contributed by atoms with Crippen LogP contribution in [0.2, 0.25) is 0 Å². The van der Waals surface area contributed by atoms with Crippen molar-refractivity contribution >= 4 is 41.6 Å². The van der Waals surface area contributed by atoms with Crippen LogP contribution in [-0.2, 0) is 20.0 Å². The number of hydrogen-bond donors (Lipinski definition) is 0. The Kier molecular flexibility index (Phi) is 4.22. The Morgan fingerprint density at radius 1 is 0.481 bits per heavy atom. The fraction of sp³-hybridized carbons (Fsp3) is 0. The lowest BCUT2D eigenvalue weighted by Gasteiger charge is -2.10. The van der Waals surface area contributed by atoms with Gasteiger partial charge >= 0.3 is 0 Å². The molecule has 0 saturated heterocycles. The Labute approximate surface area is 157 Å². The molecule has 4 aromatic rings. The van der Waals surface area contributed by atoms with Crippen molar-refractivity contribution in [3.63, 3.8) is 0 Å². The van der Waals surface area contributed by atoms with E-state index in [0.717, 1.165) is 0 Å². The van der Waals surface area contributed by atoms with Gasteiger partial charge in [-0.3, -0.25) is 0 Å². The first-order valence-electron chi connectivity index (χ1n) is 8.08. The Balaban J connectivity index is 1.84. The predicted octanol–water partition coefficient (Wildman–Crippen LogP) is 3.68. The van der Waals surface area contributed by atoms with Crippen LogP contribution in [-0.4, -0.2) is 16.8 Å². The third-order valence-electron chi connectivity index (χ3n) is 4.25. The maximum Gasteiger partial charge on any atom is 0.272 e. The maximum absolute atomic E-state index is 12.8. The second kappa shape index (κ2) is 6.45. The van der Waals surface area contributed by atoms with Crippen LogP contribution in [0.25, 0.3) is 21.5 Å². The van der Waals surface area contributed by atoms with Crippen LogP contribution >= 0.6 is 0 Å². The third kappa shape index (κ3) is 3.21. The summed E-state index contributed by atoms with van der Waals surface area (Å²) in [6, 6.07) is 23.1. The fourth-order valence-corrected chi connectivity index (χ4v) is 6.16. The predicted molar refractivity (Wildman–Crippen MR) is 104 cm³/mol. The molecule has 0 bridgehead atoms. The van der Waals surface area contributed by atoms with E-state index in [-0.39, 0.29) is 9.79 Å². The number of hydrogen-bond acceptors (Lipinski definition) is 4. The van der Waals surface area contributed by atoms with E-state index in [2.05, 4.69) is 4.13 Å². The van der Waals surface area contributed by atoms with Gasteiger partial charge in [-0.05, 0) is 22.9 Å². The van der Waals surface area contributed by atoms with Crippen molar-refractivity contribution in [1.82, 2.24) is 4.13 Å². The molecular formula is C20H14NO4S2. The Morgan fingerprint density at radius 2 is 0.852 bits per heavy atom. The summed E-state index contributed by atoms with van der Waals surface area (Å²) in [7, 11) is -8.85. The zero-order valence-corrected chi connectivity index (χ0v) is 15.6. The quantitative estimate of drug-likeness (QED) is 0.527. The van der Waals surface area contributed by atoms with Crippen molar-refractivity contribution in [2.75, 3.05) is 0 Å². The molecule has 0 aliphatic rings. The SMILES string of the molecule is O=S(=O)([N]S(=O)(=O)c1cccc2ccccc12)c1cccc2ccccc12. The number of sulfonamides is 2. The van der Waals surface area contributed by atoms with E-state index >= 15 is 0 Å². The summed E-state index contributed by atoms with van der Waals surface area (Å²) >= 11 is 0. The summed E-state index contributed by atoms with van der Waals surface area (Å²) in [6.07, 6.45) is 0. The minimum atomic E-state index is -4.42. The number of fused-ring (bicyclic) bond motifs is 2. The summed E-state index contributed by atoms with van der Waals surface area (Å²) in [6.45, 7) is 0. The lowest BCUT2D eigenvalue weighted by atomic mass is 10.1. The van der Waals surface area contributed by atoms with Gasteiger partial charge in [0.15, 0.2) is 0 Å². The van der Waals surface area contributed by atoms with Gasteiger partial charge in [0, 0.05) is 14.9 Å². The lowest BCUT2D eigenvalue weighted by molar-refractivity contribution is 0.577. The first-order chi connectivity index (χ1) is 12.9. The molecule has 0 spiro atoms. The maximum atomic E-state index is 12.8. The molecule has 0 atom stereocenters. The molecule has 0 N–H and O–H groups in total.